The molecule has 18 heteroatoms. The van der Waals surface area contributed by atoms with Crippen LogP contribution in [0.2, 0.25) is 0 Å². The molecular formula is H8Cr2O13S3. The SMILES string of the molecule is O.O=S(=O)(O)O.O=S(=O)(O)O.O=S(=O)(O)O.[Cr].[Cr]. The van der Waals surface area contributed by atoms with Gasteiger partial charge in [-0.3, -0.25) is 27.3 Å². The van der Waals surface area contributed by atoms with Gasteiger partial charge in [0, 0.05) is 34.7 Å². The number of hydrogen-bond acceptors (Lipinski definition) is 6. The summed E-state index contributed by atoms with van der Waals surface area (Å²) in [6, 6.07) is 0. The van der Waals surface area contributed by atoms with Crippen LogP contribution in [0, 0.1) is 0 Å². The van der Waals surface area contributed by atoms with E-state index in [-0.39, 0.29) is 40.2 Å². The van der Waals surface area contributed by atoms with Crippen molar-refractivity contribution < 1.29 is 92.8 Å². The van der Waals surface area contributed by atoms with Crippen molar-refractivity contribution in [2.24, 2.45) is 0 Å². The first-order chi connectivity index (χ1) is 6.00. The second kappa shape index (κ2) is 14.1. The summed E-state index contributed by atoms with van der Waals surface area (Å²) >= 11 is 0. The van der Waals surface area contributed by atoms with Gasteiger partial charge in [-0.15, -0.1) is 0 Å². The molecule has 0 aromatic carbocycles. The van der Waals surface area contributed by atoms with Crippen molar-refractivity contribution in [2.75, 3.05) is 0 Å². The minimum Gasteiger partial charge on any atom is -0.412 e. The molecule has 0 aromatic heterocycles. The van der Waals surface area contributed by atoms with E-state index < -0.39 is 31.2 Å². The van der Waals surface area contributed by atoms with Gasteiger partial charge in [-0.2, -0.15) is 25.3 Å². The summed E-state index contributed by atoms with van der Waals surface area (Å²) in [5.74, 6) is 0. The van der Waals surface area contributed by atoms with Gasteiger partial charge in [0.1, 0.15) is 0 Å². The van der Waals surface area contributed by atoms with Crippen molar-refractivity contribution >= 4 is 31.2 Å². The normalized spacial score (nSPS) is 9.67. The van der Waals surface area contributed by atoms with Crippen LogP contribution in [0.3, 0.4) is 0 Å². The molecule has 0 aromatic rings. The van der Waals surface area contributed by atoms with Gasteiger partial charge in [-0.05, 0) is 0 Å². The zero-order chi connectivity index (χ0) is 13.5. The third-order valence-electron chi connectivity index (χ3n) is 0. The van der Waals surface area contributed by atoms with E-state index in [1.54, 1.807) is 0 Å². The molecule has 0 aliphatic carbocycles. The van der Waals surface area contributed by atoms with Crippen molar-refractivity contribution in [1.29, 1.82) is 0 Å². The zero-order valence-electron chi connectivity index (χ0n) is 7.67. The van der Waals surface area contributed by atoms with Crippen LogP contribution >= 0.6 is 0 Å². The fourth-order valence-corrected chi connectivity index (χ4v) is 0. The molecular weight excluding hydrogens is 408 g/mol. The third kappa shape index (κ3) is 10100. The maximum Gasteiger partial charge on any atom is 0.394 e. The summed E-state index contributed by atoms with van der Waals surface area (Å²) in [7, 11) is -14.0. The van der Waals surface area contributed by atoms with E-state index in [2.05, 4.69) is 0 Å². The van der Waals surface area contributed by atoms with Gasteiger partial charge in [0.25, 0.3) is 0 Å². The Morgan fingerprint density at radius 1 is 0.444 bits per heavy atom. The molecule has 0 fully saturated rings. The summed E-state index contributed by atoms with van der Waals surface area (Å²) < 4.78 is 94.8. The van der Waals surface area contributed by atoms with Gasteiger partial charge in [-0.25, -0.2) is 0 Å². The van der Waals surface area contributed by atoms with Crippen molar-refractivity contribution in [3.8, 4) is 0 Å². The van der Waals surface area contributed by atoms with Crippen LogP contribution in [0.25, 0.3) is 0 Å². The van der Waals surface area contributed by atoms with E-state index in [4.69, 9.17) is 52.6 Å². The van der Waals surface area contributed by atoms with E-state index in [9.17, 15) is 0 Å². The molecule has 0 aliphatic rings. The Morgan fingerprint density at radius 2 is 0.444 bits per heavy atom. The van der Waals surface area contributed by atoms with Crippen molar-refractivity contribution in [3.63, 3.8) is 0 Å². The maximum atomic E-state index is 8.74. The smallest absolute Gasteiger partial charge is 0.394 e. The Kier molecular flexibility index (Phi) is 28.3. The van der Waals surface area contributed by atoms with Crippen LogP contribution in [0.4, 0.5) is 0 Å². The Hall–Kier alpha value is 0.635. The van der Waals surface area contributed by atoms with E-state index >= 15 is 0 Å². The van der Waals surface area contributed by atoms with Gasteiger partial charge >= 0.3 is 31.2 Å². The molecule has 13 nitrogen and oxygen atoms in total. The molecule has 0 atom stereocenters. The molecule has 0 unspecified atom stereocenters. The zero-order valence-corrected chi connectivity index (χ0v) is 12.7. The molecule has 0 aliphatic heterocycles. The quantitative estimate of drug-likeness (QED) is 0.219. The van der Waals surface area contributed by atoms with Gasteiger partial charge in [-0.1, -0.05) is 0 Å². The average molecular weight is 416 g/mol. The van der Waals surface area contributed by atoms with Crippen LogP contribution in [0.1, 0.15) is 0 Å². The maximum absolute atomic E-state index is 8.74. The van der Waals surface area contributed by atoms with Crippen LogP contribution < -0.4 is 0 Å². The van der Waals surface area contributed by atoms with Crippen molar-refractivity contribution in [1.82, 2.24) is 0 Å². The molecule has 8 N–H and O–H groups in total. The fourth-order valence-electron chi connectivity index (χ4n) is 0. The van der Waals surface area contributed by atoms with Crippen LogP contribution in [0.5, 0.6) is 0 Å². The van der Waals surface area contributed by atoms with Crippen LogP contribution in [0.15, 0.2) is 0 Å². The predicted molar refractivity (Wildman–Crippen MR) is 46.1 cm³/mol. The molecule has 0 rings (SSSR count). The summed E-state index contributed by atoms with van der Waals surface area (Å²) in [4.78, 5) is 0. The standard InChI is InChI=1S/2Cr.3H2O4S.H2O/c;;3*1-5(2,3)4;/h;;3*(H2,1,2,3,4);1H2. The van der Waals surface area contributed by atoms with Crippen molar-refractivity contribution in [3.05, 3.63) is 0 Å². The molecule has 0 saturated carbocycles. The van der Waals surface area contributed by atoms with Crippen LogP contribution in [-0.2, 0) is 65.9 Å². The summed E-state index contributed by atoms with van der Waals surface area (Å²) in [6.45, 7) is 0. The molecule has 0 amide bonds. The molecule has 0 radical (unpaired) electrons. The first-order valence-corrected chi connectivity index (χ1v) is 6.29. The first-order valence-electron chi connectivity index (χ1n) is 2.10. The second-order valence-electron chi connectivity index (χ2n) is 1.34. The third-order valence-corrected chi connectivity index (χ3v) is 0. The van der Waals surface area contributed by atoms with Gasteiger partial charge in [0.2, 0.25) is 0 Å². The fraction of sp³-hybridized carbons (Fsp3) is 0. The molecule has 18 heavy (non-hydrogen) atoms. The van der Waals surface area contributed by atoms with E-state index in [1.165, 1.54) is 0 Å². The first kappa shape index (κ1) is 36.3. The molecule has 0 bridgehead atoms. The number of rotatable bonds is 0. The minimum absolute atomic E-state index is 0. The monoisotopic (exact) mass is 416 g/mol. The Bertz CT molecular complexity index is 341. The summed E-state index contributed by atoms with van der Waals surface area (Å²) in [6.07, 6.45) is 0. The molecule has 116 valence electrons. The van der Waals surface area contributed by atoms with Gasteiger partial charge < -0.3 is 5.48 Å². The van der Waals surface area contributed by atoms with Crippen LogP contribution in [-0.4, -0.2) is 58.0 Å². The number of hydrogen-bond donors (Lipinski definition) is 6. The molecule has 0 spiro atoms. The Labute approximate surface area is 124 Å². The summed E-state index contributed by atoms with van der Waals surface area (Å²) in [5.41, 5.74) is 0. The van der Waals surface area contributed by atoms with E-state index in [0.717, 1.165) is 0 Å². The topological polar surface area (TPSA) is 255 Å². The molecule has 0 heterocycles. The minimum atomic E-state index is -4.67. The average Bonchev–Trinajstić information content (AvgIpc) is 1.41. The van der Waals surface area contributed by atoms with Gasteiger partial charge in [0.05, 0.1) is 0 Å². The molecule has 0 saturated heterocycles. The van der Waals surface area contributed by atoms with E-state index in [0.29, 0.717) is 0 Å². The van der Waals surface area contributed by atoms with Crippen molar-refractivity contribution in [2.45, 2.75) is 0 Å². The van der Waals surface area contributed by atoms with E-state index in [1.807, 2.05) is 0 Å². The largest absolute Gasteiger partial charge is 0.412 e. The van der Waals surface area contributed by atoms with Gasteiger partial charge in [0.15, 0.2) is 0 Å². The summed E-state index contributed by atoms with van der Waals surface area (Å²) in [5, 5.41) is 0. The predicted octanol–water partition coefficient (Wildman–Crippen LogP) is -2.79. The Balaban J connectivity index is -0.0000000277. The Morgan fingerprint density at radius 3 is 0.444 bits per heavy atom. The second-order valence-corrected chi connectivity index (χ2v) is 4.03.